The van der Waals surface area contributed by atoms with Crippen molar-refractivity contribution in [1.82, 2.24) is 9.97 Å². The molecular formula is C15H18FN3. The molecule has 0 atom stereocenters. The maximum Gasteiger partial charge on any atom is 0.141 e. The normalized spacial score (nSPS) is 11.6. The molecule has 2 aromatic rings. The molecule has 100 valence electrons. The topological polar surface area (TPSA) is 51.8 Å². The van der Waals surface area contributed by atoms with Crippen LogP contribution in [-0.4, -0.2) is 9.97 Å². The molecule has 0 bridgehead atoms. The zero-order chi connectivity index (χ0) is 14.2. The van der Waals surface area contributed by atoms with Gasteiger partial charge in [-0.05, 0) is 29.5 Å². The van der Waals surface area contributed by atoms with Crippen LogP contribution in [0.1, 0.15) is 31.9 Å². The summed E-state index contributed by atoms with van der Waals surface area (Å²) in [6.45, 7) is 8.00. The first kappa shape index (κ1) is 13.5. The molecule has 0 saturated carbocycles. The van der Waals surface area contributed by atoms with Crippen molar-refractivity contribution in [2.24, 2.45) is 0 Å². The fraction of sp³-hybridized carbons (Fsp3) is 0.333. The summed E-state index contributed by atoms with van der Waals surface area (Å²) in [5.74, 6) is 0.0821. The third kappa shape index (κ3) is 2.57. The number of nitrogen functional groups attached to an aromatic ring is 1. The molecule has 1 heterocycles. The summed E-state index contributed by atoms with van der Waals surface area (Å²) >= 11 is 0. The number of halogens is 1. The first-order chi connectivity index (χ1) is 8.80. The Hall–Kier alpha value is -1.97. The van der Waals surface area contributed by atoms with E-state index >= 15 is 0 Å². The number of nitrogens with zero attached hydrogens (tertiary/aromatic N) is 2. The van der Waals surface area contributed by atoms with E-state index in [1.165, 1.54) is 12.4 Å². The van der Waals surface area contributed by atoms with Gasteiger partial charge in [0, 0.05) is 5.56 Å². The monoisotopic (exact) mass is 259 g/mol. The highest BCUT2D eigenvalue weighted by molar-refractivity contribution is 5.62. The fourth-order valence-corrected chi connectivity index (χ4v) is 2.17. The molecule has 0 aliphatic rings. The average molecular weight is 259 g/mol. The van der Waals surface area contributed by atoms with Crippen LogP contribution >= 0.6 is 0 Å². The van der Waals surface area contributed by atoms with Gasteiger partial charge in [0.15, 0.2) is 0 Å². The Morgan fingerprint density at radius 3 is 2.32 bits per heavy atom. The van der Waals surface area contributed by atoms with Gasteiger partial charge in [0.25, 0.3) is 0 Å². The summed E-state index contributed by atoms with van der Waals surface area (Å²) in [4.78, 5) is 8.06. The van der Waals surface area contributed by atoms with Crippen molar-refractivity contribution >= 4 is 5.82 Å². The first-order valence-corrected chi connectivity index (χ1v) is 6.18. The van der Waals surface area contributed by atoms with E-state index in [0.717, 1.165) is 5.56 Å². The van der Waals surface area contributed by atoms with Gasteiger partial charge in [0.05, 0.1) is 18.1 Å². The van der Waals surface area contributed by atoms with Crippen LogP contribution in [0.5, 0.6) is 0 Å². The van der Waals surface area contributed by atoms with Crippen LogP contribution in [0.4, 0.5) is 10.2 Å². The standard InChI is InChI=1S/C15H18FN3/c1-9-11(15(2,3)4)6-5-10(14(9)16)12-7-19-13(17)8-18-12/h5-8H,1-4H3,(H2,17,19). The number of hydrogen-bond acceptors (Lipinski definition) is 3. The van der Waals surface area contributed by atoms with Crippen LogP contribution in [0.15, 0.2) is 24.5 Å². The number of aromatic nitrogens is 2. The Labute approximate surface area is 112 Å². The minimum atomic E-state index is -0.244. The van der Waals surface area contributed by atoms with Crippen molar-refractivity contribution in [1.29, 1.82) is 0 Å². The second-order valence-electron chi connectivity index (χ2n) is 5.68. The predicted octanol–water partition coefficient (Wildman–Crippen LogP) is 3.47. The fourth-order valence-electron chi connectivity index (χ4n) is 2.17. The van der Waals surface area contributed by atoms with Crippen molar-refractivity contribution < 1.29 is 4.39 Å². The molecule has 0 radical (unpaired) electrons. The Morgan fingerprint density at radius 2 is 1.79 bits per heavy atom. The third-order valence-electron chi connectivity index (χ3n) is 3.14. The summed E-state index contributed by atoms with van der Waals surface area (Å²) in [5, 5.41) is 0. The molecule has 1 aromatic heterocycles. The van der Waals surface area contributed by atoms with Gasteiger partial charge in [-0.1, -0.05) is 26.8 Å². The lowest BCUT2D eigenvalue weighted by Crippen LogP contribution is -2.14. The molecule has 0 aliphatic carbocycles. The highest BCUT2D eigenvalue weighted by Gasteiger charge is 2.20. The lowest BCUT2D eigenvalue weighted by Gasteiger charge is -2.22. The van der Waals surface area contributed by atoms with Crippen molar-refractivity contribution in [3.63, 3.8) is 0 Å². The van der Waals surface area contributed by atoms with Crippen molar-refractivity contribution in [3.05, 3.63) is 41.5 Å². The van der Waals surface area contributed by atoms with Gasteiger partial charge in [-0.2, -0.15) is 0 Å². The number of rotatable bonds is 1. The van der Waals surface area contributed by atoms with E-state index in [1.807, 2.05) is 6.07 Å². The van der Waals surface area contributed by atoms with E-state index in [0.29, 0.717) is 22.6 Å². The van der Waals surface area contributed by atoms with Crippen LogP contribution in [0.2, 0.25) is 0 Å². The second-order valence-corrected chi connectivity index (χ2v) is 5.68. The minimum absolute atomic E-state index is 0.0871. The summed E-state index contributed by atoms with van der Waals surface area (Å²) < 4.78 is 14.5. The summed E-state index contributed by atoms with van der Waals surface area (Å²) in [6, 6.07) is 3.70. The Bertz CT molecular complexity index is 598. The van der Waals surface area contributed by atoms with Gasteiger partial charge in [0.1, 0.15) is 11.6 Å². The molecule has 0 saturated heterocycles. The highest BCUT2D eigenvalue weighted by Crippen LogP contribution is 2.31. The number of benzene rings is 1. The first-order valence-electron chi connectivity index (χ1n) is 6.18. The van der Waals surface area contributed by atoms with E-state index in [1.54, 1.807) is 13.0 Å². The number of hydrogen-bond donors (Lipinski definition) is 1. The highest BCUT2D eigenvalue weighted by atomic mass is 19.1. The maximum atomic E-state index is 14.5. The number of anilines is 1. The maximum absolute atomic E-state index is 14.5. The van der Waals surface area contributed by atoms with Gasteiger partial charge < -0.3 is 5.73 Å². The molecule has 0 aliphatic heterocycles. The molecule has 2 N–H and O–H groups in total. The molecule has 0 spiro atoms. The van der Waals surface area contributed by atoms with Crippen molar-refractivity contribution in [3.8, 4) is 11.3 Å². The molecule has 0 unspecified atom stereocenters. The quantitative estimate of drug-likeness (QED) is 0.853. The SMILES string of the molecule is Cc1c(C(C)(C)C)ccc(-c2cnc(N)cn2)c1F. The lowest BCUT2D eigenvalue weighted by atomic mass is 9.83. The van der Waals surface area contributed by atoms with E-state index in [4.69, 9.17) is 5.73 Å². The lowest BCUT2D eigenvalue weighted by molar-refractivity contribution is 0.564. The minimum Gasteiger partial charge on any atom is -0.382 e. The van der Waals surface area contributed by atoms with Crippen LogP contribution in [0.25, 0.3) is 11.3 Å². The van der Waals surface area contributed by atoms with Gasteiger partial charge in [0.2, 0.25) is 0 Å². The second kappa shape index (κ2) is 4.61. The molecule has 0 amide bonds. The van der Waals surface area contributed by atoms with Crippen LogP contribution in [0, 0.1) is 12.7 Å². The van der Waals surface area contributed by atoms with Crippen molar-refractivity contribution in [2.75, 3.05) is 5.73 Å². The van der Waals surface area contributed by atoms with E-state index in [2.05, 4.69) is 30.7 Å². The molecule has 0 fully saturated rings. The average Bonchev–Trinajstić information content (AvgIpc) is 2.32. The third-order valence-corrected chi connectivity index (χ3v) is 3.14. The number of nitrogens with two attached hydrogens (primary N) is 1. The molecule has 2 rings (SSSR count). The molecule has 1 aromatic carbocycles. The van der Waals surface area contributed by atoms with E-state index in [-0.39, 0.29) is 11.2 Å². The molecule has 19 heavy (non-hydrogen) atoms. The van der Waals surface area contributed by atoms with E-state index in [9.17, 15) is 4.39 Å². The van der Waals surface area contributed by atoms with Gasteiger partial charge >= 0.3 is 0 Å². The predicted molar refractivity (Wildman–Crippen MR) is 75.3 cm³/mol. The van der Waals surface area contributed by atoms with Gasteiger partial charge in [-0.15, -0.1) is 0 Å². The zero-order valence-corrected chi connectivity index (χ0v) is 11.7. The van der Waals surface area contributed by atoms with Crippen LogP contribution < -0.4 is 5.73 Å². The Morgan fingerprint density at radius 1 is 1.11 bits per heavy atom. The molecule has 3 nitrogen and oxygen atoms in total. The molecular weight excluding hydrogens is 241 g/mol. The van der Waals surface area contributed by atoms with E-state index < -0.39 is 0 Å². The summed E-state index contributed by atoms with van der Waals surface area (Å²) in [6.07, 6.45) is 2.92. The Balaban J connectivity index is 2.56. The Kier molecular flexibility index (Phi) is 3.27. The largest absolute Gasteiger partial charge is 0.382 e. The summed E-state index contributed by atoms with van der Waals surface area (Å²) in [5.41, 5.74) is 8.01. The smallest absolute Gasteiger partial charge is 0.141 e. The summed E-state index contributed by atoms with van der Waals surface area (Å²) in [7, 11) is 0. The van der Waals surface area contributed by atoms with Crippen LogP contribution in [0.3, 0.4) is 0 Å². The van der Waals surface area contributed by atoms with Gasteiger partial charge in [-0.25, -0.2) is 9.37 Å². The zero-order valence-electron chi connectivity index (χ0n) is 11.7. The van der Waals surface area contributed by atoms with Crippen molar-refractivity contribution in [2.45, 2.75) is 33.1 Å². The molecule has 4 heteroatoms. The van der Waals surface area contributed by atoms with Gasteiger partial charge in [-0.3, -0.25) is 4.98 Å². The van der Waals surface area contributed by atoms with Crippen LogP contribution in [-0.2, 0) is 5.41 Å².